The number of aliphatic hydroxyl groups excluding tert-OH is 2. The molecule has 0 saturated heterocycles. The summed E-state index contributed by atoms with van der Waals surface area (Å²) in [6, 6.07) is 2.83. The molecule has 2 aliphatic heterocycles. The van der Waals surface area contributed by atoms with Gasteiger partial charge in [0.05, 0.1) is 34.7 Å². The highest BCUT2D eigenvalue weighted by Crippen LogP contribution is 2.41. The van der Waals surface area contributed by atoms with Gasteiger partial charge in [0.1, 0.15) is 19.0 Å². The van der Waals surface area contributed by atoms with Crippen molar-refractivity contribution in [2.75, 3.05) is 11.9 Å². The second-order valence-corrected chi connectivity index (χ2v) is 8.09. The van der Waals surface area contributed by atoms with Crippen LogP contribution in [0.5, 0.6) is 0 Å². The number of aromatic nitrogens is 2. The summed E-state index contributed by atoms with van der Waals surface area (Å²) in [4.78, 5) is 41.5. The predicted molar refractivity (Wildman–Crippen MR) is 115 cm³/mol. The Kier molecular flexibility index (Phi) is 4.80. The minimum atomic E-state index is -1.57. The number of pyridine rings is 2. The van der Waals surface area contributed by atoms with E-state index >= 15 is 0 Å². The van der Waals surface area contributed by atoms with Gasteiger partial charge in [-0.25, -0.2) is 14.2 Å². The Bertz CT molecular complexity index is 1450. The van der Waals surface area contributed by atoms with Crippen LogP contribution in [0.2, 0.25) is 0 Å². The molecule has 3 N–H and O–H groups in total. The Morgan fingerprint density at radius 2 is 2.09 bits per heavy atom. The van der Waals surface area contributed by atoms with Gasteiger partial charge in [0, 0.05) is 28.1 Å². The van der Waals surface area contributed by atoms with Gasteiger partial charge in [0.2, 0.25) is 5.91 Å². The number of fused-ring (bicyclic) bond motifs is 5. The van der Waals surface area contributed by atoms with Crippen LogP contribution < -0.4 is 10.9 Å². The predicted octanol–water partition coefficient (Wildman–Crippen LogP) is 1.46. The van der Waals surface area contributed by atoms with E-state index in [9.17, 15) is 29.0 Å². The number of esters is 1. The second-order valence-electron chi connectivity index (χ2n) is 8.09. The molecule has 0 bridgehead atoms. The van der Waals surface area contributed by atoms with Gasteiger partial charge in [-0.1, -0.05) is 6.92 Å². The van der Waals surface area contributed by atoms with Gasteiger partial charge in [-0.3, -0.25) is 9.59 Å². The summed E-state index contributed by atoms with van der Waals surface area (Å²) >= 11 is 0. The van der Waals surface area contributed by atoms with Crippen molar-refractivity contribution in [3.63, 3.8) is 0 Å². The fraction of sp³-hybridized carbons (Fsp3) is 0.304. The molecule has 4 heterocycles. The van der Waals surface area contributed by atoms with Crippen molar-refractivity contribution in [1.29, 1.82) is 0 Å². The summed E-state index contributed by atoms with van der Waals surface area (Å²) in [7, 11) is 0. The van der Waals surface area contributed by atoms with Crippen LogP contribution in [0.3, 0.4) is 0 Å². The van der Waals surface area contributed by atoms with E-state index in [0.717, 1.165) is 11.1 Å². The number of halogens is 1. The van der Waals surface area contributed by atoms with Crippen molar-refractivity contribution in [3.05, 3.63) is 56.1 Å². The summed E-state index contributed by atoms with van der Waals surface area (Å²) < 4.78 is 21.1. The highest BCUT2D eigenvalue weighted by molar-refractivity contribution is 6.05. The molecule has 1 amide bonds. The first kappa shape index (κ1) is 21.2. The largest absolute Gasteiger partial charge is 0.458 e. The number of aliphatic hydroxyl groups is 2. The van der Waals surface area contributed by atoms with Crippen LogP contribution in [0.4, 0.5) is 10.1 Å². The third-order valence-corrected chi connectivity index (χ3v) is 6.32. The minimum absolute atomic E-state index is 0.182. The highest BCUT2D eigenvalue weighted by atomic mass is 19.1. The fourth-order valence-corrected chi connectivity index (χ4v) is 4.68. The standard InChI is InChI=1S/C23H20FN3O6/c1-3-10-12-6-27-16(4-11-13(22(27)31)8-33-23(32)21(11)30)20(12)25-15-5-14(24)9(2)19(18(10)15)26-17(29)7-28/h4-5,21,28,30H,3,6-8H2,1-2H3,(H,26,29). The van der Waals surface area contributed by atoms with Gasteiger partial charge in [-0.2, -0.15) is 0 Å². The lowest BCUT2D eigenvalue weighted by Gasteiger charge is -2.21. The zero-order valence-electron chi connectivity index (χ0n) is 17.9. The number of hydrogen-bond acceptors (Lipinski definition) is 7. The molecule has 0 spiro atoms. The topological polar surface area (TPSA) is 131 Å². The van der Waals surface area contributed by atoms with E-state index in [1.54, 1.807) is 6.07 Å². The van der Waals surface area contributed by atoms with E-state index < -0.39 is 36.0 Å². The van der Waals surface area contributed by atoms with Crippen molar-refractivity contribution in [2.24, 2.45) is 0 Å². The number of hydrogen-bond donors (Lipinski definition) is 3. The average molecular weight is 453 g/mol. The lowest BCUT2D eigenvalue weighted by atomic mass is 9.95. The third kappa shape index (κ3) is 2.98. The van der Waals surface area contributed by atoms with Gasteiger partial charge in [-0.05, 0) is 25.0 Å². The molecule has 1 aromatic carbocycles. The molecular weight excluding hydrogens is 433 g/mol. The summed E-state index contributed by atoms with van der Waals surface area (Å²) in [6.07, 6.45) is -1.07. The number of amides is 1. The van der Waals surface area contributed by atoms with Crippen molar-refractivity contribution in [2.45, 2.75) is 39.5 Å². The molecule has 33 heavy (non-hydrogen) atoms. The Labute approximate surface area is 186 Å². The zero-order valence-corrected chi connectivity index (χ0v) is 17.9. The van der Waals surface area contributed by atoms with Gasteiger partial charge < -0.3 is 24.8 Å². The first-order valence-electron chi connectivity index (χ1n) is 10.4. The molecule has 0 radical (unpaired) electrons. The number of benzene rings is 1. The number of nitrogens with one attached hydrogen (secondary N) is 1. The summed E-state index contributed by atoms with van der Waals surface area (Å²) in [6.45, 7) is 2.64. The van der Waals surface area contributed by atoms with Crippen LogP contribution >= 0.6 is 0 Å². The maximum atomic E-state index is 14.7. The number of rotatable bonds is 3. The number of anilines is 1. The number of nitrogens with zero attached hydrogens (tertiary/aromatic N) is 2. The Balaban J connectivity index is 1.82. The molecule has 1 unspecified atom stereocenters. The Hall–Kier alpha value is -3.63. The van der Waals surface area contributed by atoms with Gasteiger partial charge in [-0.15, -0.1) is 0 Å². The second kappa shape index (κ2) is 7.46. The Morgan fingerprint density at radius 1 is 1.33 bits per heavy atom. The van der Waals surface area contributed by atoms with E-state index in [-0.39, 0.29) is 41.0 Å². The van der Waals surface area contributed by atoms with E-state index in [1.807, 2.05) is 6.92 Å². The molecule has 0 aliphatic carbocycles. The monoisotopic (exact) mass is 453 g/mol. The Morgan fingerprint density at radius 3 is 2.79 bits per heavy atom. The quantitative estimate of drug-likeness (QED) is 0.400. The summed E-state index contributed by atoms with van der Waals surface area (Å²) in [5, 5.41) is 22.6. The molecule has 9 nitrogen and oxygen atoms in total. The number of cyclic esters (lactones) is 1. The van der Waals surface area contributed by atoms with Crippen molar-refractivity contribution in [3.8, 4) is 11.4 Å². The fourth-order valence-electron chi connectivity index (χ4n) is 4.68. The number of ether oxygens (including phenoxy) is 1. The highest BCUT2D eigenvalue weighted by Gasteiger charge is 2.35. The minimum Gasteiger partial charge on any atom is -0.458 e. The maximum Gasteiger partial charge on any atom is 0.340 e. The third-order valence-electron chi connectivity index (χ3n) is 6.32. The van der Waals surface area contributed by atoms with E-state index in [2.05, 4.69) is 10.3 Å². The number of aryl methyl sites for hydroxylation is 1. The van der Waals surface area contributed by atoms with Crippen LogP contribution in [0.15, 0.2) is 16.9 Å². The molecule has 2 aromatic heterocycles. The first-order valence-corrected chi connectivity index (χ1v) is 10.4. The van der Waals surface area contributed by atoms with E-state index in [4.69, 9.17) is 4.74 Å². The van der Waals surface area contributed by atoms with Gasteiger partial charge in [0.15, 0.2) is 6.10 Å². The van der Waals surface area contributed by atoms with Crippen LogP contribution in [0.1, 0.15) is 40.8 Å². The molecule has 3 aromatic rings. The lowest BCUT2D eigenvalue weighted by molar-refractivity contribution is -0.157. The van der Waals surface area contributed by atoms with E-state index in [1.165, 1.54) is 17.6 Å². The summed E-state index contributed by atoms with van der Waals surface area (Å²) in [5.74, 6) is -2.09. The maximum absolute atomic E-state index is 14.7. The van der Waals surface area contributed by atoms with Crippen molar-refractivity contribution in [1.82, 2.24) is 9.55 Å². The number of carbonyl (C=O) groups excluding carboxylic acids is 2. The molecule has 10 heteroatoms. The molecule has 170 valence electrons. The van der Waals surface area contributed by atoms with Crippen LogP contribution in [0.25, 0.3) is 22.3 Å². The van der Waals surface area contributed by atoms with Crippen LogP contribution in [0, 0.1) is 12.7 Å². The number of carbonyl (C=O) groups is 2. The zero-order chi connectivity index (χ0) is 23.6. The molecule has 0 fully saturated rings. The SMILES string of the molecule is CCc1c2c(nc3cc(F)c(C)c(NC(=O)CO)c13)-c1cc3c(c(=O)n1C2)COC(=O)C3O. The summed E-state index contributed by atoms with van der Waals surface area (Å²) in [5.41, 5.74) is 3.09. The first-order chi connectivity index (χ1) is 15.8. The van der Waals surface area contributed by atoms with E-state index in [0.29, 0.717) is 23.2 Å². The van der Waals surface area contributed by atoms with Crippen LogP contribution in [-0.4, -0.2) is 38.2 Å². The molecule has 5 rings (SSSR count). The molecular formula is C23H20FN3O6. The van der Waals surface area contributed by atoms with Crippen molar-refractivity contribution < 1.29 is 28.9 Å². The average Bonchev–Trinajstić information content (AvgIpc) is 3.16. The molecule has 2 aliphatic rings. The van der Waals surface area contributed by atoms with Gasteiger partial charge >= 0.3 is 5.97 Å². The molecule has 1 atom stereocenters. The lowest BCUT2D eigenvalue weighted by Crippen LogP contribution is -2.32. The normalized spacial score (nSPS) is 16.3. The van der Waals surface area contributed by atoms with Crippen molar-refractivity contribution >= 4 is 28.5 Å². The molecule has 0 saturated carbocycles. The van der Waals surface area contributed by atoms with Gasteiger partial charge in [0.25, 0.3) is 5.56 Å². The smallest absolute Gasteiger partial charge is 0.340 e. The van der Waals surface area contributed by atoms with Crippen LogP contribution in [-0.2, 0) is 33.9 Å².